The maximum Gasteiger partial charge on any atom is 0.284 e. The monoisotopic (exact) mass is 518 g/mol. The number of rotatable bonds is 7. The summed E-state index contributed by atoms with van der Waals surface area (Å²) in [7, 11) is 3.29. The van der Waals surface area contributed by atoms with Crippen LogP contribution in [0.5, 0.6) is 5.75 Å². The number of thiazole rings is 1. The van der Waals surface area contributed by atoms with Crippen LogP contribution in [0.25, 0.3) is 10.2 Å². The van der Waals surface area contributed by atoms with Gasteiger partial charge in [0.1, 0.15) is 12.1 Å². The molecule has 0 atom stereocenters. The second-order valence-corrected chi connectivity index (χ2v) is 9.59. The Balaban J connectivity index is 1.59. The molecule has 5 rings (SSSR count). The summed E-state index contributed by atoms with van der Waals surface area (Å²) in [4.78, 5) is 31.7. The third-order valence-electron chi connectivity index (χ3n) is 5.26. The van der Waals surface area contributed by atoms with Crippen LogP contribution < -0.4 is 9.64 Å². The molecule has 0 aliphatic rings. The largest absolute Gasteiger partial charge is 0.497 e. The number of nitrogens with zero attached hydrogens (tertiary/aromatic N) is 6. The first-order valence-corrected chi connectivity index (χ1v) is 12.2. The lowest BCUT2D eigenvalue weighted by molar-refractivity contribution is -0.387. The average Bonchev–Trinajstić information content (AvgIpc) is 3.50. The maximum atomic E-state index is 13.9. The molecule has 180 valence electrons. The molecule has 0 bridgehead atoms. The lowest BCUT2D eigenvalue weighted by Gasteiger charge is -2.21. The fourth-order valence-corrected chi connectivity index (χ4v) is 5.33. The minimum Gasteiger partial charge on any atom is -0.497 e. The third-order valence-corrected chi connectivity index (χ3v) is 7.40. The fourth-order valence-electron chi connectivity index (χ4n) is 3.49. The molecule has 2 heterocycles. The molecule has 0 aliphatic carbocycles. The quantitative estimate of drug-likeness (QED) is 0.206. The van der Waals surface area contributed by atoms with Crippen molar-refractivity contribution in [2.45, 2.75) is 10.1 Å². The normalized spacial score (nSPS) is 10.9. The highest BCUT2D eigenvalue weighted by Crippen LogP contribution is 2.38. The average molecular weight is 519 g/mol. The standard InChI is InChI=1S/C24H18N6O4S2/c1-28-14-25-27-24(28)36-21-11-10-15(12-19(21)30(32)33)22(31)29(16-6-5-7-17(13-16)34-2)23-26-18-8-3-4-9-20(18)35-23/h3-14H,1-2H3. The number of para-hydroxylation sites is 1. The van der Waals surface area contributed by atoms with Gasteiger partial charge in [0.2, 0.25) is 0 Å². The Morgan fingerprint density at radius 2 is 1.97 bits per heavy atom. The van der Waals surface area contributed by atoms with E-state index in [2.05, 4.69) is 15.2 Å². The molecule has 36 heavy (non-hydrogen) atoms. The zero-order valence-electron chi connectivity index (χ0n) is 19.1. The van der Waals surface area contributed by atoms with Crippen molar-refractivity contribution in [3.05, 3.63) is 88.7 Å². The van der Waals surface area contributed by atoms with Crippen LogP contribution in [-0.2, 0) is 7.05 Å². The summed E-state index contributed by atoms with van der Waals surface area (Å²) in [5.41, 5.74) is 1.22. The molecule has 0 fully saturated rings. The lowest BCUT2D eigenvalue weighted by Crippen LogP contribution is -2.26. The number of amides is 1. The molecule has 0 N–H and O–H groups in total. The summed E-state index contributed by atoms with van der Waals surface area (Å²) in [6.45, 7) is 0. The number of methoxy groups -OCH3 is 1. The first-order valence-electron chi connectivity index (χ1n) is 10.6. The summed E-state index contributed by atoms with van der Waals surface area (Å²) in [5.74, 6) is 0.105. The Bertz CT molecular complexity index is 1570. The molecule has 0 spiro atoms. The molecule has 0 radical (unpaired) electrons. The van der Waals surface area contributed by atoms with Crippen LogP contribution in [0.4, 0.5) is 16.5 Å². The van der Waals surface area contributed by atoms with E-state index >= 15 is 0 Å². The Labute approximate surface area is 213 Å². The number of nitro groups is 1. The molecule has 0 saturated carbocycles. The molecule has 10 nitrogen and oxygen atoms in total. The molecular formula is C24H18N6O4S2. The first kappa shape index (κ1) is 23.5. The van der Waals surface area contributed by atoms with Crippen LogP contribution in [0, 0.1) is 10.1 Å². The number of hydrogen-bond acceptors (Lipinski definition) is 9. The predicted octanol–water partition coefficient (Wildman–Crippen LogP) is 5.47. The first-order chi connectivity index (χ1) is 17.4. The zero-order chi connectivity index (χ0) is 25.2. The molecule has 0 aliphatic heterocycles. The van der Waals surface area contributed by atoms with Crippen LogP contribution in [0.3, 0.4) is 0 Å². The van der Waals surface area contributed by atoms with Crippen molar-refractivity contribution in [1.82, 2.24) is 19.7 Å². The van der Waals surface area contributed by atoms with E-state index in [1.54, 1.807) is 55.1 Å². The van der Waals surface area contributed by atoms with Crippen LogP contribution in [-0.4, -0.2) is 37.7 Å². The van der Waals surface area contributed by atoms with E-state index in [0.717, 1.165) is 22.0 Å². The van der Waals surface area contributed by atoms with Gasteiger partial charge in [-0.15, -0.1) is 10.2 Å². The molecule has 0 unspecified atom stereocenters. The van der Waals surface area contributed by atoms with Gasteiger partial charge in [-0.1, -0.05) is 29.5 Å². The van der Waals surface area contributed by atoms with Gasteiger partial charge in [0, 0.05) is 24.7 Å². The smallest absolute Gasteiger partial charge is 0.284 e. The summed E-state index contributed by atoms with van der Waals surface area (Å²) < 4.78 is 7.92. The highest BCUT2D eigenvalue weighted by Gasteiger charge is 2.27. The van der Waals surface area contributed by atoms with Crippen LogP contribution in [0.1, 0.15) is 10.4 Å². The van der Waals surface area contributed by atoms with Gasteiger partial charge < -0.3 is 9.30 Å². The maximum absolute atomic E-state index is 13.9. The number of anilines is 2. The van der Waals surface area contributed by atoms with Crippen molar-refractivity contribution in [2.75, 3.05) is 12.0 Å². The lowest BCUT2D eigenvalue weighted by atomic mass is 10.1. The number of hydrogen-bond donors (Lipinski definition) is 0. The Hall–Kier alpha value is -4.29. The van der Waals surface area contributed by atoms with Crippen LogP contribution in [0.15, 0.2) is 83.1 Å². The van der Waals surface area contributed by atoms with Gasteiger partial charge in [-0.05, 0) is 48.2 Å². The number of aryl methyl sites for hydroxylation is 1. The van der Waals surface area contributed by atoms with E-state index in [1.807, 2.05) is 24.3 Å². The summed E-state index contributed by atoms with van der Waals surface area (Å²) in [6.07, 6.45) is 1.51. The second-order valence-electron chi connectivity index (χ2n) is 7.57. The Morgan fingerprint density at radius 3 is 2.69 bits per heavy atom. The SMILES string of the molecule is COc1cccc(N(C(=O)c2ccc(Sc3nncn3C)c([N+](=O)[O-])c2)c2nc3ccccc3s2)c1. The fraction of sp³-hybridized carbons (Fsp3) is 0.0833. The van der Waals surface area contributed by atoms with Gasteiger partial charge in [0.05, 0.1) is 32.8 Å². The van der Waals surface area contributed by atoms with Crippen LogP contribution in [0.2, 0.25) is 0 Å². The number of carbonyl (C=O) groups excluding carboxylic acids is 1. The van der Waals surface area contributed by atoms with Crippen molar-refractivity contribution in [2.24, 2.45) is 7.05 Å². The predicted molar refractivity (Wildman–Crippen MR) is 137 cm³/mol. The van der Waals surface area contributed by atoms with Gasteiger partial charge in [-0.2, -0.15) is 0 Å². The molecule has 1 amide bonds. The summed E-state index contributed by atoms with van der Waals surface area (Å²) in [5, 5.41) is 20.6. The molecule has 5 aromatic rings. The van der Waals surface area contributed by atoms with E-state index in [0.29, 0.717) is 26.6 Å². The third kappa shape index (κ3) is 4.51. The highest BCUT2D eigenvalue weighted by molar-refractivity contribution is 7.99. The van der Waals surface area contributed by atoms with Gasteiger partial charge in [0.15, 0.2) is 10.3 Å². The highest BCUT2D eigenvalue weighted by atomic mass is 32.2. The van der Waals surface area contributed by atoms with Crippen molar-refractivity contribution in [3.63, 3.8) is 0 Å². The second kappa shape index (κ2) is 9.76. The van der Waals surface area contributed by atoms with E-state index in [4.69, 9.17) is 4.74 Å². The number of aromatic nitrogens is 4. The minimum atomic E-state index is -0.511. The number of benzene rings is 3. The van der Waals surface area contributed by atoms with Gasteiger partial charge in [-0.25, -0.2) is 4.98 Å². The van der Waals surface area contributed by atoms with Crippen molar-refractivity contribution < 1.29 is 14.5 Å². The van der Waals surface area contributed by atoms with E-state index in [9.17, 15) is 14.9 Å². The minimum absolute atomic E-state index is 0.145. The van der Waals surface area contributed by atoms with E-state index in [-0.39, 0.29) is 11.3 Å². The zero-order valence-corrected chi connectivity index (χ0v) is 20.7. The molecule has 3 aromatic carbocycles. The van der Waals surface area contributed by atoms with E-state index < -0.39 is 10.8 Å². The topological polar surface area (TPSA) is 116 Å². The number of ether oxygens (including phenoxy) is 1. The summed E-state index contributed by atoms with van der Waals surface area (Å²) >= 11 is 2.45. The van der Waals surface area contributed by atoms with Crippen molar-refractivity contribution in [1.29, 1.82) is 0 Å². The Morgan fingerprint density at radius 1 is 1.14 bits per heavy atom. The van der Waals surface area contributed by atoms with E-state index in [1.165, 1.54) is 28.6 Å². The number of nitro benzene ring substituents is 1. The molecule has 2 aromatic heterocycles. The van der Waals surface area contributed by atoms with Crippen molar-refractivity contribution >= 4 is 55.7 Å². The van der Waals surface area contributed by atoms with Gasteiger partial charge in [0.25, 0.3) is 11.6 Å². The van der Waals surface area contributed by atoms with Crippen LogP contribution >= 0.6 is 23.1 Å². The Kier molecular flexibility index (Phi) is 6.36. The molecular weight excluding hydrogens is 500 g/mol. The summed E-state index contributed by atoms with van der Waals surface area (Å²) in [6, 6.07) is 19.0. The van der Waals surface area contributed by atoms with Gasteiger partial charge >= 0.3 is 0 Å². The number of carbonyl (C=O) groups is 1. The molecule has 0 saturated heterocycles. The van der Waals surface area contributed by atoms with Crippen molar-refractivity contribution in [3.8, 4) is 5.75 Å². The van der Waals surface area contributed by atoms with Gasteiger partial charge in [-0.3, -0.25) is 19.8 Å². The molecule has 12 heteroatoms. The number of fused-ring (bicyclic) bond motifs is 1.